The molecule has 230 valence electrons. The molecule has 49 heavy (non-hydrogen) atoms. The van der Waals surface area contributed by atoms with Crippen LogP contribution in [0.2, 0.25) is 0 Å². The van der Waals surface area contributed by atoms with Gasteiger partial charge in [0.15, 0.2) is 17.5 Å². The lowest BCUT2D eigenvalue weighted by molar-refractivity contribution is 0.722. The van der Waals surface area contributed by atoms with Crippen LogP contribution in [0, 0.1) is 0 Å². The first-order chi connectivity index (χ1) is 24.3. The molecule has 8 aromatic rings. The van der Waals surface area contributed by atoms with Crippen LogP contribution in [0.4, 0.5) is 0 Å². The van der Waals surface area contributed by atoms with Gasteiger partial charge in [-0.3, -0.25) is 0 Å². The lowest BCUT2D eigenvalue weighted by atomic mass is 9.69. The van der Waals surface area contributed by atoms with Crippen LogP contribution in [-0.2, 0) is 0 Å². The minimum Gasteiger partial charge on any atom is -0.208 e. The van der Waals surface area contributed by atoms with E-state index in [-0.39, 0.29) is 5.92 Å². The quantitative estimate of drug-likeness (QED) is 0.192. The third-order valence-corrected chi connectivity index (χ3v) is 11.1. The third kappa shape index (κ3) is 4.67. The molecule has 0 aliphatic heterocycles. The molecule has 2 atom stereocenters. The summed E-state index contributed by atoms with van der Waals surface area (Å²) >= 11 is 1.79. The van der Waals surface area contributed by atoms with Crippen LogP contribution in [0.5, 0.6) is 0 Å². The van der Waals surface area contributed by atoms with Crippen molar-refractivity contribution in [2.75, 3.05) is 0 Å². The highest BCUT2D eigenvalue weighted by Gasteiger charge is 2.32. The van der Waals surface area contributed by atoms with Gasteiger partial charge in [0.2, 0.25) is 0 Å². The molecule has 10 rings (SSSR count). The number of benzene rings is 6. The van der Waals surface area contributed by atoms with E-state index in [2.05, 4.69) is 146 Å². The molecule has 0 N–H and O–H groups in total. The van der Waals surface area contributed by atoms with Crippen molar-refractivity contribution in [1.29, 1.82) is 0 Å². The van der Waals surface area contributed by atoms with Crippen molar-refractivity contribution in [2.24, 2.45) is 0 Å². The van der Waals surface area contributed by atoms with E-state index in [9.17, 15) is 0 Å². The van der Waals surface area contributed by atoms with Gasteiger partial charge in [0, 0.05) is 48.7 Å². The molecular formula is C45H29N3S. The number of hydrogen-bond acceptors (Lipinski definition) is 4. The number of thiophene rings is 1. The van der Waals surface area contributed by atoms with Gasteiger partial charge in [0.25, 0.3) is 0 Å². The van der Waals surface area contributed by atoms with Gasteiger partial charge < -0.3 is 0 Å². The Morgan fingerprint density at radius 1 is 0.449 bits per heavy atom. The highest BCUT2D eigenvalue weighted by Crippen LogP contribution is 2.51. The highest BCUT2D eigenvalue weighted by molar-refractivity contribution is 7.26. The molecule has 0 bridgehead atoms. The van der Waals surface area contributed by atoms with E-state index in [1.54, 1.807) is 11.3 Å². The number of aromatic nitrogens is 3. The second-order valence-electron chi connectivity index (χ2n) is 12.7. The van der Waals surface area contributed by atoms with Gasteiger partial charge in [-0.2, -0.15) is 0 Å². The Hall–Kier alpha value is -5.97. The van der Waals surface area contributed by atoms with Gasteiger partial charge in [-0.25, -0.2) is 15.0 Å². The molecule has 2 heterocycles. The Bertz CT molecular complexity index is 2630. The maximum absolute atomic E-state index is 5.17. The molecule has 0 amide bonds. The van der Waals surface area contributed by atoms with Crippen molar-refractivity contribution < 1.29 is 0 Å². The van der Waals surface area contributed by atoms with Crippen LogP contribution in [-0.4, -0.2) is 15.0 Å². The van der Waals surface area contributed by atoms with Crippen molar-refractivity contribution in [1.82, 2.24) is 15.0 Å². The van der Waals surface area contributed by atoms with E-state index < -0.39 is 0 Å². The first-order valence-corrected chi connectivity index (χ1v) is 17.5. The van der Waals surface area contributed by atoms with Gasteiger partial charge in [-0.05, 0) is 51.6 Å². The van der Waals surface area contributed by atoms with Gasteiger partial charge in [-0.15, -0.1) is 11.3 Å². The Kier molecular flexibility index (Phi) is 6.49. The number of fused-ring (bicyclic) bond motifs is 9. The van der Waals surface area contributed by atoms with Gasteiger partial charge in [-0.1, -0.05) is 146 Å². The smallest absolute Gasteiger partial charge is 0.165 e. The largest absolute Gasteiger partial charge is 0.208 e. The van der Waals surface area contributed by atoms with Crippen molar-refractivity contribution >= 4 is 37.1 Å². The van der Waals surface area contributed by atoms with Crippen LogP contribution >= 0.6 is 11.3 Å². The maximum Gasteiger partial charge on any atom is 0.165 e. The molecule has 2 aromatic heterocycles. The molecule has 3 nitrogen and oxygen atoms in total. The predicted octanol–water partition coefficient (Wildman–Crippen LogP) is 11.7. The van der Waals surface area contributed by atoms with Crippen LogP contribution in [0.1, 0.15) is 28.5 Å². The molecule has 0 fully saturated rings. The summed E-state index contributed by atoms with van der Waals surface area (Å²) in [5.74, 6) is 2.60. The topological polar surface area (TPSA) is 38.7 Å². The fourth-order valence-electron chi connectivity index (χ4n) is 7.62. The lowest BCUT2D eigenvalue weighted by Gasteiger charge is -2.35. The van der Waals surface area contributed by atoms with Crippen LogP contribution < -0.4 is 0 Å². The summed E-state index contributed by atoms with van der Waals surface area (Å²) in [5.41, 5.74) is 10.8. The molecular weight excluding hydrogens is 615 g/mol. The van der Waals surface area contributed by atoms with Crippen molar-refractivity contribution in [2.45, 2.75) is 11.8 Å². The number of hydrogen-bond donors (Lipinski definition) is 0. The van der Waals surface area contributed by atoms with E-state index in [4.69, 9.17) is 15.0 Å². The molecule has 0 saturated heterocycles. The molecule has 0 spiro atoms. The normalized spacial score (nSPS) is 16.2. The van der Waals surface area contributed by atoms with Gasteiger partial charge >= 0.3 is 0 Å². The summed E-state index contributed by atoms with van der Waals surface area (Å²) < 4.78 is 2.45. The average molecular weight is 644 g/mol. The Labute approximate surface area is 288 Å². The second-order valence-corrected chi connectivity index (χ2v) is 13.8. The predicted molar refractivity (Wildman–Crippen MR) is 204 cm³/mol. The molecule has 6 aromatic carbocycles. The zero-order chi connectivity index (χ0) is 32.3. The maximum atomic E-state index is 5.17. The van der Waals surface area contributed by atoms with E-state index in [1.807, 2.05) is 18.2 Å². The van der Waals surface area contributed by atoms with E-state index in [0.717, 1.165) is 22.3 Å². The molecule has 4 heteroatoms. The SMILES string of the molecule is C1=CC2c3ccccc3-c3ccccc3C2C=C1c1cccc(-c2nc(-c3ccccc3)nc(-c3cccc4c3sc3ccccc34)n2)c1. The first kappa shape index (κ1) is 28.1. The molecule has 2 unspecified atom stereocenters. The van der Waals surface area contributed by atoms with Crippen LogP contribution in [0.3, 0.4) is 0 Å². The summed E-state index contributed by atoms with van der Waals surface area (Å²) in [6.45, 7) is 0. The van der Waals surface area contributed by atoms with E-state index in [0.29, 0.717) is 23.4 Å². The summed E-state index contributed by atoms with van der Waals surface area (Å²) in [6.07, 6.45) is 7.14. The molecule has 2 aliphatic carbocycles. The summed E-state index contributed by atoms with van der Waals surface area (Å²) in [5, 5.41) is 2.49. The Morgan fingerprint density at radius 3 is 1.88 bits per heavy atom. The molecule has 2 aliphatic rings. The zero-order valence-electron chi connectivity index (χ0n) is 26.5. The Balaban J connectivity index is 1.10. The monoisotopic (exact) mass is 643 g/mol. The first-order valence-electron chi connectivity index (χ1n) is 16.7. The van der Waals surface area contributed by atoms with Gasteiger partial charge in [0.1, 0.15) is 0 Å². The minimum atomic E-state index is 0.269. The number of nitrogens with zero attached hydrogens (tertiary/aromatic N) is 3. The standard InChI is InChI=1S/C45H29N3S/c1-2-12-28(13-3-1)43-46-44(48-45(47-43)39-22-11-21-38-37-20-8-9-23-41(37)49-42(38)39)31-15-10-14-29(26-31)30-24-25-36-34-18-5-4-16-32(34)33-17-6-7-19-35(33)40(36)27-30/h1-27,36,40H. The summed E-state index contributed by atoms with van der Waals surface area (Å²) in [4.78, 5) is 15.3. The van der Waals surface area contributed by atoms with Crippen LogP contribution in [0.15, 0.2) is 164 Å². The number of allylic oxidation sites excluding steroid dienone is 4. The van der Waals surface area contributed by atoms with Crippen molar-refractivity contribution in [3.05, 3.63) is 181 Å². The van der Waals surface area contributed by atoms with Crippen molar-refractivity contribution in [3.8, 4) is 45.3 Å². The third-order valence-electron chi connectivity index (χ3n) is 9.93. The lowest BCUT2D eigenvalue weighted by Crippen LogP contribution is -2.17. The van der Waals surface area contributed by atoms with Crippen molar-refractivity contribution in [3.63, 3.8) is 0 Å². The highest BCUT2D eigenvalue weighted by atomic mass is 32.1. The zero-order valence-corrected chi connectivity index (χ0v) is 27.3. The average Bonchev–Trinajstić information content (AvgIpc) is 3.57. The van der Waals surface area contributed by atoms with E-state index >= 15 is 0 Å². The fourth-order valence-corrected chi connectivity index (χ4v) is 8.83. The fraction of sp³-hybridized carbons (Fsp3) is 0.0444. The summed E-state index contributed by atoms with van der Waals surface area (Å²) in [6, 6.07) is 51.6. The van der Waals surface area contributed by atoms with Crippen LogP contribution in [0.25, 0.3) is 71.0 Å². The van der Waals surface area contributed by atoms with Gasteiger partial charge in [0.05, 0.1) is 0 Å². The Morgan fingerprint density at radius 2 is 1.04 bits per heavy atom. The number of rotatable bonds is 4. The van der Waals surface area contributed by atoms with E-state index in [1.165, 1.54) is 48.0 Å². The summed E-state index contributed by atoms with van der Waals surface area (Å²) in [7, 11) is 0. The molecule has 0 radical (unpaired) electrons. The second kappa shape index (κ2) is 11.3. The molecule has 0 saturated carbocycles. The minimum absolute atomic E-state index is 0.269.